The number of hydrazone groups is 1. The molecule has 0 unspecified atom stereocenters. The van der Waals surface area contributed by atoms with Crippen molar-refractivity contribution in [3.05, 3.63) is 88.2 Å². The van der Waals surface area contributed by atoms with Gasteiger partial charge in [-0.25, -0.2) is 9.82 Å². The first kappa shape index (κ1) is 23.1. The number of halogens is 2. The number of carbonyl (C=O) groups is 1. The van der Waals surface area contributed by atoms with Crippen molar-refractivity contribution in [3.63, 3.8) is 0 Å². The molecule has 1 N–H and O–H groups in total. The van der Waals surface area contributed by atoms with Crippen molar-refractivity contribution in [1.29, 1.82) is 0 Å². The van der Waals surface area contributed by atoms with Gasteiger partial charge in [0.15, 0.2) is 11.5 Å². The van der Waals surface area contributed by atoms with E-state index in [1.807, 2.05) is 6.92 Å². The van der Waals surface area contributed by atoms with Gasteiger partial charge in [-0.1, -0.05) is 29.8 Å². The summed E-state index contributed by atoms with van der Waals surface area (Å²) in [4.78, 5) is 12.5. The minimum absolute atomic E-state index is 0.0353. The highest BCUT2D eigenvalue weighted by Gasteiger charge is 2.11. The van der Waals surface area contributed by atoms with Crippen molar-refractivity contribution in [1.82, 2.24) is 5.43 Å². The van der Waals surface area contributed by atoms with E-state index >= 15 is 0 Å². The van der Waals surface area contributed by atoms with E-state index in [9.17, 15) is 9.18 Å². The van der Waals surface area contributed by atoms with Crippen molar-refractivity contribution >= 4 is 23.7 Å². The highest BCUT2D eigenvalue weighted by atomic mass is 35.5. The molecule has 166 valence electrons. The standard InChI is InChI=1S/C24H22ClFN2O4/c1-3-31-23-13-16(8-10-22(23)30-2)24(29)28-27-14-18-12-19(25)9-11-21(18)32-15-17-6-4-5-7-20(17)26/h4-14H,3,15H2,1-2H3,(H,28,29)/b27-14+. The van der Waals surface area contributed by atoms with E-state index in [2.05, 4.69) is 10.5 Å². The minimum Gasteiger partial charge on any atom is -0.493 e. The summed E-state index contributed by atoms with van der Waals surface area (Å²) < 4.78 is 30.3. The van der Waals surface area contributed by atoms with Gasteiger partial charge in [0.2, 0.25) is 0 Å². The van der Waals surface area contributed by atoms with Gasteiger partial charge < -0.3 is 14.2 Å². The number of nitrogens with zero attached hydrogens (tertiary/aromatic N) is 1. The Kier molecular flexibility index (Phi) is 8.05. The van der Waals surface area contributed by atoms with Crippen molar-refractivity contribution in [3.8, 4) is 17.2 Å². The zero-order chi connectivity index (χ0) is 22.9. The van der Waals surface area contributed by atoms with Gasteiger partial charge in [0.05, 0.1) is 19.9 Å². The summed E-state index contributed by atoms with van der Waals surface area (Å²) in [6, 6.07) is 16.1. The van der Waals surface area contributed by atoms with E-state index in [1.165, 1.54) is 19.4 Å². The maximum absolute atomic E-state index is 13.8. The third-order valence-corrected chi connectivity index (χ3v) is 4.64. The van der Waals surface area contributed by atoms with Gasteiger partial charge in [0.25, 0.3) is 5.91 Å². The quantitative estimate of drug-likeness (QED) is 0.353. The van der Waals surface area contributed by atoms with E-state index in [-0.39, 0.29) is 12.4 Å². The predicted molar refractivity (Wildman–Crippen MR) is 121 cm³/mol. The lowest BCUT2D eigenvalue weighted by Gasteiger charge is -2.11. The molecule has 32 heavy (non-hydrogen) atoms. The number of rotatable bonds is 9. The average Bonchev–Trinajstić information content (AvgIpc) is 2.79. The van der Waals surface area contributed by atoms with Crippen LogP contribution in [0.3, 0.4) is 0 Å². The van der Waals surface area contributed by atoms with Crippen LogP contribution in [0.15, 0.2) is 65.8 Å². The molecule has 0 saturated carbocycles. The second-order valence-electron chi connectivity index (χ2n) is 6.56. The molecule has 6 nitrogen and oxygen atoms in total. The molecule has 8 heteroatoms. The minimum atomic E-state index is -0.430. The highest BCUT2D eigenvalue weighted by Crippen LogP contribution is 2.28. The van der Waals surface area contributed by atoms with Gasteiger partial charge in [0.1, 0.15) is 18.2 Å². The average molecular weight is 457 g/mol. The third-order valence-electron chi connectivity index (χ3n) is 4.41. The molecule has 0 aliphatic carbocycles. The number of carbonyl (C=O) groups excluding carboxylic acids is 1. The van der Waals surface area contributed by atoms with Crippen LogP contribution in [-0.2, 0) is 6.61 Å². The molecular formula is C24H22ClFN2O4. The number of hydrogen-bond acceptors (Lipinski definition) is 5. The summed E-state index contributed by atoms with van der Waals surface area (Å²) in [5.74, 6) is 0.655. The second-order valence-corrected chi connectivity index (χ2v) is 7.00. The molecule has 1 amide bonds. The van der Waals surface area contributed by atoms with Crippen LogP contribution in [0.1, 0.15) is 28.4 Å². The van der Waals surface area contributed by atoms with Gasteiger partial charge in [0, 0.05) is 21.7 Å². The smallest absolute Gasteiger partial charge is 0.271 e. The van der Waals surface area contributed by atoms with Crippen LogP contribution in [0.2, 0.25) is 5.02 Å². The van der Waals surface area contributed by atoms with Crippen molar-refractivity contribution in [2.24, 2.45) is 5.10 Å². The van der Waals surface area contributed by atoms with Crippen LogP contribution in [0.4, 0.5) is 4.39 Å². The first-order valence-electron chi connectivity index (χ1n) is 9.81. The van der Waals surface area contributed by atoms with Crippen LogP contribution in [0, 0.1) is 5.82 Å². The van der Waals surface area contributed by atoms with E-state index in [4.69, 9.17) is 25.8 Å². The van der Waals surface area contributed by atoms with Gasteiger partial charge in [-0.2, -0.15) is 5.10 Å². The predicted octanol–water partition coefficient (Wildman–Crippen LogP) is 5.23. The van der Waals surface area contributed by atoms with Crippen molar-refractivity contribution in [2.75, 3.05) is 13.7 Å². The molecule has 0 bridgehead atoms. The summed E-state index contributed by atoms with van der Waals surface area (Å²) in [5, 5.41) is 4.47. The topological polar surface area (TPSA) is 69.2 Å². The molecule has 0 heterocycles. The van der Waals surface area contributed by atoms with Crippen LogP contribution in [0.25, 0.3) is 0 Å². The lowest BCUT2D eigenvalue weighted by Crippen LogP contribution is -2.17. The Labute approximate surface area is 190 Å². The normalized spacial score (nSPS) is 10.8. The van der Waals surface area contributed by atoms with E-state index in [0.717, 1.165) is 0 Å². The molecule has 0 fully saturated rings. The fourth-order valence-electron chi connectivity index (χ4n) is 2.83. The van der Waals surface area contributed by atoms with Gasteiger partial charge in [-0.15, -0.1) is 0 Å². The molecule has 0 atom stereocenters. The van der Waals surface area contributed by atoms with E-state index < -0.39 is 5.91 Å². The number of benzene rings is 3. The Morgan fingerprint density at radius 1 is 1.06 bits per heavy atom. The molecule has 3 aromatic rings. The third kappa shape index (κ3) is 5.98. The molecule has 0 spiro atoms. The maximum Gasteiger partial charge on any atom is 0.271 e. The fourth-order valence-corrected chi connectivity index (χ4v) is 3.01. The van der Waals surface area contributed by atoms with Crippen LogP contribution >= 0.6 is 11.6 Å². The van der Waals surface area contributed by atoms with Crippen LogP contribution in [-0.4, -0.2) is 25.8 Å². The summed E-state index contributed by atoms with van der Waals surface area (Å²) >= 11 is 6.08. The molecule has 0 saturated heterocycles. The van der Waals surface area contributed by atoms with Gasteiger partial charge >= 0.3 is 0 Å². The van der Waals surface area contributed by atoms with E-state index in [0.29, 0.717) is 45.6 Å². The summed E-state index contributed by atoms with van der Waals surface area (Å²) in [5.41, 5.74) is 3.76. The lowest BCUT2D eigenvalue weighted by atomic mass is 10.2. The first-order valence-corrected chi connectivity index (χ1v) is 10.2. The first-order chi connectivity index (χ1) is 15.5. The molecule has 3 aromatic carbocycles. The summed E-state index contributed by atoms with van der Waals surface area (Å²) in [6.45, 7) is 2.31. The number of nitrogens with one attached hydrogen (secondary N) is 1. The second kappa shape index (κ2) is 11.2. The maximum atomic E-state index is 13.8. The van der Waals surface area contributed by atoms with Gasteiger partial charge in [-0.3, -0.25) is 4.79 Å². The Morgan fingerprint density at radius 2 is 1.84 bits per heavy atom. The molecule has 0 aromatic heterocycles. The summed E-state index contributed by atoms with van der Waals surface area (Å²) in [6.07, 6.45) is 1.41. The number of hydrogen-bond donors (Lipinski definition) is 1. The Morgan fingerprint density at radius 3 is 2.59 bits per heavy atom. The van der Waals surface area contributed by atoms with E-state index in [1.54, 1.807) is 54.6 Å². The zero-order valence-electron chi connectivity index (χ0n) is 17.6. The van der Waals surface area contributed by atoms with Crippen LogP contribution in [0.5, 0.6) is 17.2 Å². The number of amides is 1. The van der Waals surface area contributed by atoms with Crippen LogP contribution < -0.4 is 19.6 Å². The molecule has 3 rings (SSSR count). The number of ether oxygens (including phenoxy) is 3. The zero-order valence-corrected chi connectivity index (χ0v) is 18.4. The molecular weight excluding hydrogens is 435 g/mol. The highest BCUT2D eigenvalue weighted by molar-refractivity contribution is 6.30. The largest absolute Gasteiger partial charge is 0.493 e. The molecule has 0 radical (unpaired) electrons. The van der Waals surface area contributed by atoms with Crippen molar-refractivity contribution < 1.29 is 23.4 Å². The number of methoxy groups -OCH3 is 1. The fraction of sp³-hybridized carbons (Fsp3) is 0.167. The Balaban J connectivity index is 1.71. The van der Waals surface area contributed by atoms with Gasteiger partial charge in [-0.05, 0) is 49.4 Å². The van der Waals surface area contributed by atoms with Crippen molar-refractivity contribution in [2.45, 2.75) is 13.5 Å². The Hall–Kier alpha value is -3.58. The monoisotopic (exact) mass is 456 g/mol. The summed E-state index contributed by atoms with van der Waals surface area (Å²) in [7, 11) is 1.53. The SMILES string of the molecule is CCOc1cc(C(=O)N/N=C/c2cc(Cl)ccc2OCc2ccccc2F)ccc1OC. The Bertz CT molecular complexity index is 1120. The molecule has 0 aliphatic heterocycles. The molecule has 0 aliphatic rings. The lowest BCUT2D eigenvalue weighted by molar-refractivity contribution is 0.0954.